The molecule has 1 saturated heterocycles. The molecule has 1 aromatic heterocycles. The van der Waals surface area contributed by atoms with Gasteiger partial charge in [-0.05, 0) is 30.3 Å². The second kappa shape index (κ2) is 9.26. The molecule has 9 nitrogen and oxygen atoms in total. The molecular weight excluding hydrogens is 440 g/mol. The average Bonchev–Trinajstić information content (AvgIpc) is 3.33. The number of nitrogens with zero attached hydrogens (tertiary/aromatic N) is 2. The highest BCUT2D eigenvalue weighted by atomic mass is 16.7. The number of benzene rings is 2. The lowest BCUT2D eigenvalue weighted by Gasteiger charge is -2.32. The minimum Gasteiger partial charge on any atom is -0.508 e. The third-order valence-electron chi connectivity index (χ3n) is 6.21. The number of hydrogen-bond acceptors (Lipinski definition) is 9. The van der Waals surface area contributed by atoms with Gasteiger partial charge in [0.15, 0.2) is 11.5 Å². The summed E-state index contributed by atoms with van der Waals surface area (Å²) in [6, 6.07) is 10.9. The molecule has 3 aromatic rings. The van der Waals surface area contributed by atoms with Crippen molar-refractivity contribution in [2.75, 3.05) is 52.2 Å². The molecule has 0 amide bonds. The summed E-state index contributed by atoms with van der Waals surface area (Å²) in [4.78, 5) is 19.7. The summed E-state index contributed by atoms with van der Waals surface area (Å²) < 4.78 is 26.9. The highest BCUT2D eigenvalue weighted by Gasteiger charge is 2.30. The van der Waals surface area contributed by atoms with E-state index in [9.17, 15) is 9.90 Å². The second-order valence-corrected chi connectivity index (χ2v) is 8.16. The number of aromatic nitrogens is 1. The monoisotopic (exact) mass is 466 g/mol. The van der Waals surface area contributed by atoms with E-state index in [1.54, 1.807) is 13.2 Å². The summed E-state index contributed by atoms with van der Waals surface area (Å²) >= 11 is 0. The van der Waals surface area contributed by atoms with Gasteiger partial charge in [0.2, 0.25) is 6.79 Å². The first-order valence-corrected chi connectivity index (χ1v) is 11.1. The van der Waals surface area contributed by atoms with Gasteiger partial charge < -0.3 is 33.7 Å². The van der Waals surface area contributed by atoms with E-state index in [-0.39, 0.29) is 19.0 Å². The summed E-state index contributed by atoms with van der Waals surface area (Å²) in [6.07, 6.45) is 0.0121. The molecule has 2 aromatic carbocycles. The van der Waals surface area contributed by atoms with Crippen LogP contribution in [0.1, 0.15) is 23.5 Å². The Hall–Kier alpha value is -3.72. The van der Waals surface area contributed by atoms with E-state index >= 15 is 0 Å². The van der Waals surface area contributed by atoms with E-state index in [0.717, 1.165) is 22.3 Å². The van der Waals surface area contributed by atoms with Crippen molar-refractivity contribution < 1.29 is 33.6 Å². The first kappa shape index (κ1) is 22.1. The predicted octanol–water partition coefficient (Wildman–Crippen LogP) is 3.21. The van der Waals surface area contributed by atoms with E-state index in [4.69, 9.17) is 28.7 Å². The van der Waals surface area contributed by atoms with Crippen LogP contribution in [0.15, 0.2) is 36.4 Å². The molecule has 1 N–H and O–H groups in total. The topological polar surface area (TPSA) is 99.6 Å². The maximum absolute atomic E-state index is 12.5. The standard InChI is InChI=1S/C25H26N2O7/c1-30-16-3-4-20-15(9-16)10-19(25(26-20)27-5-7-32-8-6-27)17(12-24(29)31-2)18-11-22-23(13-21(18)28)34-14-33-22/h3-4,9-11,13,17,28H,5-8,12,14H2,1-2H3. The van der Waals surface area contributed by atoms with Gasteiger partial charge in [-0.2, -0.15) is 0 Å². The van der Waals surface area contributed by atoms with Crippen LogP contribution >= 0.6 is 0 Å². The van der Waals surface area contributed by atoms with Crippen molar-refractivity contribution >= 4 is 22.7 Å². The van der Waals surface area contributed by atoms with Crippen molar-refractivity contribution in [1.82, 2.24) is 4.98 Å². The fourth-order valence-electron chi connectivity index (χ4n) is 4.44. The van der Waals surface area contributed by atoms with E-state index < -0.39 is 11.9 Å². The van der Waals surface area contributed by atoms with Crippen molar-refractivity contribution in [3.63, 3.8) is 0 Å². The molecule has 1 unspecified atom stereocenters. The Bertz CT molecular complexity index is 1220. The quantitative estimate of drug-likeness (QED) is 0.549. The van der Waals surface area contributed by atoms with Gasteiger partial charge in [0.1, 0.15) is 17.3 Å². The number of carbonyl (C=O) groups excluding carboxylic acids is 1. The number of pyridine rings is 1. The number of phenolic OH excluding ortho intramolecular Hbond substituents is 1. The summed E-state index contributed by atoms with van der Waals surface area (Å²) in [5.41, 5.74) is 2.13. The van der Waals surface area contributed by atoms with Crippen LogP contribution in [0.4, 0.5) is 5.82 Å². The van der Waals surface area contributed by atoms with Gasteiger partial charge in [0.05, 0.1) is 39.4 Å². The minimum atomic E-state index is -0.539. The van der Waals surface area contributed by atoms with Gasteiger partial charge in [-0.25, -0.2) is 4.98 Å². The number of phenols is 1. The Morgan fingerprint density at radius 1 is 1.09 bits per heavy atom. The maximum atomic E-state index is 12.5. The van der Waals surface area contributed by atoms with Gasteiger partial charge >= 0.3 is 5.97 Å². The van der Waals surface area contributed by atoms with E-state index in [2.05, 4.69) is 4.90 Å². The van der Waals surface area contributed by atoms with E-state index in [0.29, 0.717) is 49.1 Å². The van der Waals surface area contributed by atoms with Crippen LogP contribution in [-0.4, -0.2) is 63.4 Å². The number of aromatic hydroxyl groups is 1. The first-order chi connectivity index (χ1) is 16.6. The zero-order valence-electron chi connectivity index (χ0n) is 19.1. The lowest BCUT2D eigenvalue weighted by molar-refractivity contribution is -0.140. The maximum Gasteiger partial charge on any atom is 0.306 e. The Balaban J connectivity index is 1.71. The number of rotatable bonds is 6. The number of carbonyl (C=O) groups is 1. The Kier molecular flexibility index (Phi) is 6.02. The molecule has 5 rings (SSSR count). The fraction of sp³-hybridized carbons (Fsp3) is 0.360. The molecule has 9 heteroatoms. The van der Waals surface area contributed by atoms with Crippen molar-refractivity contribution in [1.29, 1.82) is 0 Å². The molecule has 1 atom stereocenters. The number of fused-ring (bicyclic) bond motifs is 2. The smallest absolute Gasteiger partial charge is 0.306 e. The summed E-state index contributed by atoms with van der Waals surface area (Å²) in [5.74, 6) is 1.50. The number of hydrogen-bond donors (Lipinski definition) is 1. The number of ether oxygens (including phenoxy) is 5. The Morgan fingerprint density at radius 2 is 1.85 bits per heavy atom. The third-order valence-corrected chi connectivity index (χ3v) is 6.21. The van der Waals surface area contributed by atoms with Crippen molar-refractivity contribution in [2.24, 2.45) is 0 Å². The summed E-state index contributed by atoms with van der Waals surface area (Å²) in [5, 5.41) is 11.8. The van der Waals surface area contributed by atoms with E-state index in [1.165, 1.54) is 13.2 Å². The van der Waals surface area contributed by atoms with Crippen molar-refractivity contribution in [2.45, 2.75) is 12.3 Å². The Morgan fingerprint density at radius 3 is 2.59 bits per heavy atom. The average molecular weight is 466 g/mol. The highest BCUT2D eigenvalue weighted by Crippen LogP contribution is 2.45. The normalized spacial score (nSPS) is 15.9. The molecule has 2 aliphatic rings. The van der Waals surface area contributed by atoms with Gasteiger partial charge in [0.25, 0.3) is 0 Å². The molecule has 0 spiro atoms. The van der Waals surface area contributed by atoms with Crippen LogP contribution in [0.3, 0.4) is 0 Å². The number of anilines is 1. The van der Waals surface area contributed by atoms with E-state index in [1.807, 2.05) is 24.3 Å². The molecule has 0 radical (unpaired) electrons. The largest absolute Gasteiger partial charge is 0.508 e. The summed E-state index contributed by atoms with van der Waals surface area (Å²) in [6.45, 7) is 2.58. The van der Waals surface area contributed by atoms with Crippen LogP contribution in [0, 0.1) is 0 Å². The van der Waals surface area contributed by atoms with Crippen LogP contribution in [0.5, 0.6) is 23.0 Å². The van der Waals surface area contributed by atoms with Crippen LogP contribution in [0.25, 0.3) is 10.9 Å². The predicted molar refractivity (Wildman–Crippen MR) is 124 cm³/mol. The van der Waals surface area contributed by atoms with Crippen molar-refractivity contribution in [3.05, 3.63) is 47.5 Å². The molecule has 0 bridgehead atoms. The molecule has 34 heavy (non-hydrogen) atoms. The van der Waals surface area contributed by atoms with Crippen LogP contribution < -0.4 is 19.1 Å². The van der Waals surface area contributed by atoms with Crippen LogP contribution in [-0.2, 0) is 14.3 Å². The summed E-state index contributed by atoms with van der Waals surface area (Å²) in [7, 11) is 2.97. The first-order valence-electron chi connectivity index (χ1n) is 11.1. The SMILES string of the molecule is COC(=O)CC(c1cc2c(cc1O)OCO2)c1cc2cc(OC)ccc2nc1N1CCOCC1. The minimum absolute atomic E-state index is 0.0109. The van der Waals surface area contributed by atoms with Gasteiger partial charge in [0, 0.05) is 41.6 Å². The van der Waals surface area contributed by atoms with Crippen LogP contribution in [0.2, 0.25) is 0 Å². The zero-order chi connectivity index (χ0) is 23.7. The lowest BCUT2D eigenvalue weighted by atomic mass is 9.86. The highest BCUT2D eigenvalue weighted by molar-refractivity contribution is 5.84. The third kappa shape index (κ3) is 4.14. The van der Waals surface area contributed by atoms with Crippen molar-refractivity contribution in [3.8, 4) is 23.0 Å². The number of methoxy groups -OCH3 is 2. The fourth-order valence-corrected chi connectivity index (χ4v) is 4.44. The number of morpholine rings is 1. The molecule has 178 valence electrons. The van der Waals surface area contributed by atoms with Gasteiger partial charge in [-0.1, -0.05) is 0 Å². The second-order valence-electron chi connectivity index (χ2n) is 8.16. The van der Waals surface area contributed by atoms with Gasteiger partial charge in [-0.15, -0.1) is 0 Å². The molecule has 1 fully saturated rings. The molecule has 0 saturated carbocycles. The molecule has 3 heterocycles. The number of esters is 1. The molecule has 2 aliphatic heterocycles. The molecule has 0 aliphatic carbocycles. The molecular formula is C25H26N2O7. The lowest BCUT2D eigenvalue weighted by Crippen LogP contribution is -2.37. The zero-order valence-corrected chi connectivity index (χ0v) is 19.1. The Labute approximate surface area is 196 Å². The van der Waals surface area contributed by atoms with Gasteiger partial charge in [-0.3, -0.25) is 4.79 Å².